The first kappa shape index (κ1) is 11.4. The molecule has 78 valence electrons. The number of hydrogen-bond donors (Lipinski definition) is 0. The maximum Gasteiger partial charge on any atom is 0.207 e. The van der Waals surface area contributed by atoms with Crippen molar-refractivity contribution in [2.24, 2.45) is 0 Å². The molecule has 2 aromatic rings. The minimum absolute atomic E-state index is 0.498. The second-order valence-corrected chi connectivity index (χ2v) is 6.18. The van der Waals surface area contributed by atoms with Gasteiger partial charge in [-0.15, -0.1) is 22.0 Å². The Morgan fingerprint density at radius 2 is 2.13 bits per heavy atom. The molecule has 0 saturated carbocycles. The van der Waals surface area contributed by atoms with Crippen molar-refractivity contribution in [3.8, 4) is 0 Å². The van der Waals surface area contributed by atoms with Gasteiger partial charge < -0.3 is 0 Å². The van der Waals surface area contributed by atoms with Crippen molar-refractivity contribution in [3.05, 3.63) is 38.2 Å². The summed E-state index contributed by atoms with van der Waals surface area (Å²) >= 11 is 12.3. The van der Waals surface area contributed by atoms with Crippen LogP contribution in [0.2, 0.25) is 4.47 Å². The Morgan fingerprint density at radius 1 is 1.33 bits per heavy atom. The molecule has 0 radical (unpaired) electrons. The number of halogens is 2. The van der Waals surface area contributed by atoms with Gasteiger partial charge in [0.1, 0.15) is 5.01 Å². The van der Waals surface area contributed by atoms with E-state index in [-0.39, 0.29) is 0 Å². The zero-order chi connectivity index (χ0) is 10.7. The van der Waals surface area contributed by atoms with E-state index in [1.165, 1.54) is 16.2 Å². The highest BCUT2D eigenvalue weighted by Gasteiger charge is 2.04. The Bertz CT molecular complexity index is 461. The fraction of sp³-hybridized carbons (Fsp3) is 0.111. The van der Waals surface area contributed by atoms with Gasteiger partial charge in [-0.3, -0.25) is 0 Å². The van der Waals surface area contributed by atoms with Crippen molar-refractivity contribution >= 4 is 50.6 Å². The van der Waals surface area contributed by atoms with Crippen LogP contribution >= 0.6 is 50.6 Å². The number of aromatic nitrogens is 2. The van der Waals surface area contributed by atoms with Crippen LogP contribution in [0, 0.1) is 0 Å². The first-order chi connectivity index (χ1) is 7.25. The summed E-state index contributed by atoms with van der Waals surface area (Å²) in [5, 5.41) is 8.67. The third kappa shape index (κ3) is 3.17. The molecule has 1 aromatic carbocycles. The van der Waals surface area contributed by atoms with Gasteiger partial charge in [0.25, 0.3) is 0 Å². The van der Waals surface area contributed by atoms with E-state index in [2.05, 4.69) is 32.2 Å². The summed E-state index contributed by atoms with van der Waals surface area (Å²) in [5.74, 6) is 0.799. The topological polar surface area (TPSA) is 25.8 Å². The number of nitrogens with zero attached hydrogens (tertiary/aromatic N) is 2. The summed E-state index contributed by atoms with van der Waals surface area (Å²) in [6.07, 6.45) is 0. The lowest BCUT2D eigenvalue weighted by molar-refractivity contribution is 1.04. The van der Waals surface area contributed by atoms with Crippen LogP contribution in [0.4, 0.5) is 0 Å². The van der Waals surface area contributed by atoms with E-state index in [0.29, 0.717) is 4.47 Å². The highest BCUT2D eigenvalue weighted by molar-refractivity contribution is 9.10. The van der Waals surface area contributed by atoms with Crippen molar-refractivity contribution in [2.45, 2.75) is 10.6 Å². The third-order valence-corrected chi connectivity index (χ3v) is 4.87. The second-order valence-electron chi connectivity index (χ2n) is 2.67. The van der Waals surface area contributed by atoms with Crippen molar-refractivity contribution in [1.29, 1.82) is 0 Å². The van der Waals surface area contributed by atoms with Gasteiger partial charge in [0, 0.05) is 9.37 Å². The van der Waals surface area contributed by atoms with E-state index in [1.807, 2.05) is 18.2 Å². The monoisotopic (exact) mass is 320 g/mol. The SMILES string of the molecule is Clc1nnc(CSc2ccccc2Br)s1. The summed E-state index contributed by atoms with van der Waals surface area (Å²) in [7, 11) is 0. The van der Waals surface area contributed by atoms with Gasteiger partial charge in [-0.2, -0.15) is 0 Å². The second kappa shape index (κ2) is 5.30. The summed E-state index contributed by atoms with van der Waals surface area (Å²) < 4.78 is 1.60. The fourth-order valence-corrected chi connectivity index (χ4v) is 3.41. The van der Waals surface area contributed by atoms with Gasteiger partial charge in [-0.05, 0) is 39.7 Å². The molecular weight excluding hydrogens is 316 g/mol. The highest BCUT2D eigenvalue weighted by atomic mass is 79.9. The predicted octanol–water partition coefficient (Wildman–Crippen LogP) is 4.25. The van der Waals surface area contributed by atoms with Gasteiger partial charge in [0.2, 0.25) is 4.47 Å². The summed E-state index contributed by atoms with van der Waals surface area (Å²) in [6.45, 7) is 0. The number of rotatable bonds is 3. The van der Waals surface area contributed by atoms with Crippen LogP contribution < -0.4 is 0 Å². The average Bonchev–Trinajstić information content (AvgIpc) is 2.63. The number of benzene rings is 1. The first-order valence-electron chi connectivity index (χ1n) is 4.11. The molecule has 0 bridgehead atoms. The first-order valence-corrected chi connectivity index (χ1v) is 7.08. The van der Waals surface area contributed by atoms with Crippen molar-refractivity contribution in [3.63, 3.8) is 0 Å². The van der Waals surface area contributed by atoms with E-state index < -0.39 is 0 Å². The van der Waals surface area contributed by atoms with Crippen LogP contribution in [-0.4, -0.2) is 10.2 Å². The van der Waals surface area contributed by atoms with Crippen LogP contribution in [0.25, 0.3) is 0 Å². The van der Waals surface area contributed by atoms with E-state index in [4.69, 9.17) is 11.6 Å². The van der Waals surface area contributed by atoms with E-state index >= 15 is 0 Å². The molecule has 0 fully saturated rings. The molecule has 2 rings (SSSR count). The zero-order valence-electron chi connectivity index (χ0n) is 7.48. The molecule has 0 aliphatic rings. The molecule has 1 aromatic heterocycles. The minimum atomic E-state index is 0.498. The lowest BCUT2D eigenvalue weighted by Crippen LogP contribution is -1.80. The van der Waals surface area contributed by atoms with Gasteiger partial charge >= 0.3 is 0 Å². The molecule has 0 aliphatic heterocycles. The normalized spacial score (nSPS) is 10.5. The molecule has 2 nitrogen and oxygen atoms in total. The molecule has 0 aliphatic carbocycles. The smallest absolute Gasteiger partial charge is 0.141 e. The van der Waals surface area contributed by atoms with Crippen molar-refractivity contribution in [2.75, 3.05) is 0 Å². The minimum Gasteiger partial charge on any atom is -0.141 e. The zero-order valence-corrected chi connectivity index (χ0v) is 11.5. The molecule has 15 heavy (non-hydrogen) atoms. The van der Waals surface area contributed by atoms with Crippen LogP contribution in [0.15, 0.2) is 33.6 Å². The van der Waals surface area contributed by atoms with Gasteiger partial charge in [0.05, 0.1) is 5.75 Å². The van der Waals surface area contributed by atoms with E-state index in [0.717, 1.165) is 15.2 Å². The Hall–Kier alpha value is -0.100. The van der Waals surface area contributed by atoms with E-state index in [1.54, 1.807) is 11.8 Å². The summed E-state index contributed by atoms with van der Waals surface area (Å²) in [6, 6.07) is 8.10. The van der Waals surface area contributed by atoms with Gasteiger partial charge in [-0.25, -0.2) is 0 Å². The largest absolute Gasteiger partial charge is 0.207 e. The number of hydrogen-bond acceptors (Lipinski definition) is 4. The summed E-state index contributed by atoms with van der Waals surface area (Å²) in [4.78, 5) is 1.20. The fourth-order valence-electron chi connectivity index (χ4n) is 0.993. The molecule has 0 unspecified atom stereocenters. The van der Waals surface area contributed by atoms with Crippen molar-refractivity contribution < 1.29 is 0 Å². The molecule has 1 heterocycles. The molecule has 6 heteroatoms. The molecule has 0 atom stereocenters. The Balaban J connectivity index is 2.02. The Labute approximate surface area is 109 Å². The maximum atomic E-state index is 5.70. The van der Waals surface area contributed by atoms with Crippen LogP contribution in [-0.2, 0) is 5.75 Å². The number of thioether (sulfide) groups is 1. The Kier molecular flexibility index (Phi) is 4.02. The van der Waals surface area contributed by atoms with E-state index in [9.17, 15) is 0 Å². The quantitative estimate of drug-likeness (QED) is 0.791. The lowest BCUT2D eigenvalue weighted by atomic mass is 10.4. The predicted molar refractivity (Wildman–Crippen MR) is 68.6 cm³/mol. The maximum absolute atomic E-state index is 5.70. The van der Waals surface area contributed by atoms with Crippen LogP contribution in [0.3, 0.4) is 0 Å². The van der Waals surface area contributed by atoms with Crippen molar-refractivity contribution in [1.82, 2.24) is 10.2 Å². The molecular formula is C9H6BrClN2S2. The van der Waals surface area contributed by atoms with Gasteiger partial charge in [-0.1, -0.05) is 23.5 Å². The molecule has 0 N–H and O–H groups in total. The molecule has 0 spiro atoms. The lowest BCUT2D eigenvalue weighted by Gasteiger charge is -2.00. The highest BCUT2D eigenvalue weighted by Crippen LogP contribution is 2.30. The standard InChI is InChI=1S/C9H6BrClN2S2/c10-6-3-1-2-4-7(6)14-5-8-12-13-9(11)15-8/h1-4H,5H2. The Morgan fingerprint density at radius 3 is 2.80 bits per heavy atom. The van der Waals surface area contributed by atoms with Gasteiger partial charge in [0.15, 0.2) is 0 Å². The summed E-state index contributed by atoms with van der Waals surface area (Å²) in [5.41, 5.74) is 0. The molecule has 0 amide bonds. The third-order valence-electron chi connectivity index (χ3n) is 1.63. The van der Waals surface area contributed by atoms with Crippen LogP contribution in [0.5, 0.6) is 0 Å². The van der Waals surface area contributed by atoms with Crippen LogP contribution in [0.1, 0.15) is 5.01 Å². The molecule has 0 saturated heterocycles. The average molecular weight is 322 g/mol.